The Kier molecular flexibility index (Phi) is 6.34. The van der Waals surface area contributed by atoms with Crippen LogP contribution in [0.5, 0.6) is 11.5 Å². The molecule has 0 unspecified atom stereocenters. The van der Waals surface area contributed by atoms with E-state index in [4.69, 9.17) is 4.74 Å². The van der Waals surface area contributed by atoms with Crippen LogP contribution in [0.4, 0.5) is 23.7 Å². The Morgan fingerprint density at radius 2 is 1.87 bits per heavy atom. The molecule has 0 bridgehead atoms. The molecular weight excluding hydrogens is 437 g/mol. The van der Waals surface area contributed by atoms with Gasteiger partial charge in [-0.15, -0.1) is 0 Å². The predicted molar refractivity (Wildman–Crippen MR) is 108 cm³/mol. The third-order valence-corrected chi connectivity index (χ3v) is 5.14. The summed E-state index contributed by atoms with van der Waals surface area (Å²) in [6, 6.07) is 8.13. The van der Waals surface area contributed by atoms with E-state index in [0.29, 0.717) is 24.1 Å². The van der Waals surface area contributed by atoms with Gasteiger partial charge in [-0.2, -0.15) is 13.2 Å². The minimum atomic E-state index is -4.75. The van der Waals surface area contributed by atoms with E-state index in [9.17, 15) is 32.9 Å². The fraction of sp³-hybridized carbons (Fsp3) is 0.200. The first-order valence-electron chi connectivity index (χ1n) is 8.99. The number of carbonyl (C=O) groups is 2. The topological polar surface area (TPSA) is 89.8 Å². The maximum Gasteiger partial charge on any atom is 0.416 e. The molecule has 1 aliphatic heterocycles. The number of ether oxygens (including phenoxy) is 1. The van der Waals surface area contributed by atoms with Crippen molar-refractivity contribution in [3.63, 3.8) is 0 Å². The number of nitrogens with zero attached hydrogens (tertiary/aromatic N) is 2. The minimum Gasteiger partial charge on any atom is -0.449 e. The first-order valence-corrected chi connectivity index (χ1v) is 9.81. The zero-order valence-corrected chi connectivity index (χ0v) is 16.8. The number of carbonyl (C=O) groups excluding carboxylic acids is 2. The number of imide groups is 1. The summed E-state index contributed by atoms with van der Waals surface area (Å²) in [5, 5.41) is 10.9. The van der Waals surface area contributed by atoms with Crippen molar-refractivity contribution in [2.45, 2.75) is 19.5 Å². The predicted octanol–water partition coefficient (Wildman–Crippen LogP) is 5.85. The van der Waals surface area contributed by atoms with Crippen LogP contribution < -0.4 is 4.74 Å². The number of halogens is 3. The third-order valence-electron chi connectivity index (χ3n) is 4.23. The van der Waals surface area contributed by atoms with Gasteiger partial charge in [0.2, 0.25) is 5.75 Å². The molecule has 7 nitrogen and oxygen atoms in total. The zero-order valence-electron chi connectivity index (χ0n) is 16.0. The highest BCUT2D eigenvalue weighted by Crippen LogP contribution is 2.39. The molecule has 2 aromatic rings. The molecule has 2 amide bonds. The molecule has 0 atom stereocenters. The molecule has 31 heavy (non-hydrogen) atoms. The van der Waals surface area contributed by atoms with Gasteiger partial charge in [0.25, 0.3) is 11.1 Å². The van der Waals surface area contributed by atoms with Gasteiger partial charge >= 0.3 is 11.9 Å². The van der Waals surface area contributed by atoms with Gasteiger partial charge in [0.1, 0.15) is 5.75 Å². The van der Waals surface area contributed by atoms with Gasteiger partial charge in [0.05, 0.1) is 15.4 Å². The molecule has 0 aliphatic carbocycles. The zero-order chi connectivity index (χ0) is 22.8. The standard InChI is InChI=1S/C20H15F3N2O5S/c1-2-9-24-18(26)17(31-19(24)27)10-12-5-3-4-6-15(12)30-16-8-7-13(20(21,22)23)11-14(16)25(28)29/h3-8,10-11H,2,9H2,1H3/b17-10+. The summed E-state index contributed by atoms with van der Waals surface area (Å²) in [7, 11) is 0. The van der Waals surface area contributed by atoms with Crippen LogP contribution in [0.1, 0.15) is 24.5 Å². The molecule has 1 aliphatic rings. The van der Waals surface area contributed by atoms with E-state index in [1.54, 1.807) is 18.2 Å². The van der Waals surface area contributed by atoms with Gasteiger partial charge in [-0.05, 0) is 42.5 Å². The number of rotatable bonds is 6. The van der Waals surface area contributed by atoms with E-state index in [1.165, 1.54) is 12.1 Å². The lowest BCUT2D eigenvalue weighted by molar-refractivity contribution is -0.385. The fourth-order valence-electron chi connectivity index (χ4n) is 2.79. The van der Waals surface area contributed by atoms with Crippen LogP contribution in [-0.4, -0.2) is 27.5 Å². The van der Waals surface area contributed by atoms with Crippen LogP contribution in [-0.2, 0) is 11.0 Å². The van der Waals surface area contributed by atoms with Crippen molar-refractivity contribution in [2.75, 3.05) is 6.54 Å². The van der Waals surface area contributed by atoms with Crippen molar-refractivity contribution in [1.82, 2.24) is 4.90 Å². The second kappa shape index (κ2) is 8.80. The van der Waals surface area contributed by atoms with Gasteiger partial charge in [-0.25, -0.2) is 0 Å². The number of amides is 2. The van der Waals surface area contributed by atoms with E-state index < -0.39 is 39.2 Å². The highest BCUT2D eigenvalue weighted by molar-refractivity contribution is 8.18. The molecule has 162 valence electrons. The molecule has 3 rings (SSSR count). The Morgan fingerprint density at radius 1 is 1.16 bits per heavy atom. The van der Waals surface area contributed by atoms with Crippen LogP contribution in [0.15, 0.2) is 47.4 Å². The average Bonchev–Trinajstić information content (AvgIpc) is 2.96. The monoisotopic (exact) mass is 452 g/mol. The highest BCUT2D eigenvalue weighted by Gasteiger charge is 2.35. The van der Waals surface area contributed by atoms with Crippen LogP contribution in [0.2, 0.25) is 0 Å². The van der Waals surface area contributed by atoms with Gasteiger partial charge < -0.3 is 4.74 Å². The molecule has 0 saturated carbocycles. The molecule has 1 fully saturated rings. The van der Waals surface area contributed by atoms with Crippen molar-refractivity contribution >= 4 is 34.7 Å². The van der Waals surface area contributed by atoms with Crippen molar-refractivity contribution in [3.05, 3.63) is 68.6 Å². The maximum absolute atomic E-state index is 12.9. The van der Waals surface area contributed by atoms with Gasteiger partial charge in [0, 0.05) is 18.2 Å². The number of alkyl halides is 3. The van der Waals surface area contributed by atoms with Crippen molar-refractivity contribution in [2.24, 2.45) is 0 Å². The number of nitro benzene ring substituents is 1. The van der Waals surface area contributed by atoms with E-state index >= 15 is 0 Å². The summed E-state index contributed by atoms with van der Waals surface area (Å²) in [6.07, 6.45) is -2.74. The molecule has 11 heteroatoms. The maximum atomic E-state index is 12.9. The smallest absolute Gasteiger partial charge is 0.416 e. The quantitative estimate of drug-likeness (QED) is 0.310. The van der Waals surface area contributed by atoms with Crippen molar-refractivity contribution in [1.29, 1.82) is 0 Å². The van der Waals surface area contributed by atoms with Crippen LogP contribution in [0, 0.1) is 10.1 Å². The molecule has 1 saturated heterocycles. The Labute approximate surface area is 178 Å². The summed E-state index contributed by atoms with van der Waals surface area (Å²) in [4.78, 5) is 36.0. The fourth-order valence-corrected chi connectivity index (χ4v) is 3.65. The lowest BCUT2D eigenvalue weighted by Gasteiger charge is -2.12. The first-order chi connectivity index (χ1) is 14.6. The Hall–Kier alpha value is -3.34. The number of nitro groups is 1. The molecule has 1 heterocycles. The lowest BCUT2D eigenvalue weighted by atomic mass is 10.1. The Morgan fingerprint density at radius 3 is 2.52 bits per heavy atom. The highest BCUT2D eigenvalue weighted by atomic mass is 32.2. The van der Waals surface area contributed by atoms with Gasteiger partial charge in [-0.3, -0.25) is 24.6 Å². The second-order valence-electron chi connectivity index (χ2n) is 6.41. The molecule has 0 aromatic heterocycles. The minimum absolute atomic E-state index is 0.0765. The summed E-state index contributed by atoms with van der Waals surface area (Å²) >= 11 is 0.754. The molecule has 0 radical (unpaired) electrons. The average molecular weight is 452 g/mol. The van der Waals surface area contributed by atoms with E-state index in [2.05, 4.69) is 0 Å². The molecular formula is C20H15F3N2O5S. The summed E-state index contributed by atoms with van der Waals surface area (Å²) < 4.78 is 44.2. The lowest BCUT2D eigenvalue weighted by Crippen LogP contribution is -2.28. The van der Waals surface area contributed by atoms with Gasteiger partial charge in [-0.1, -0.05) is 25.1 Å². The first kappa shape index (κ1) is 22.3. The van der Waals surface area contributed by atoms with Crippen molar-refractivity contribution in [3.8, 4) is 11.5 Å². The third kappa shape index (κ3) is 4.88. The summed E-state index contributed by atoms with van der Waals surface area (Å²) in [6.45, 7) is 2.10. The SMILES string of the molecule is CCCN1C(=O)S/C(=C/c2ccccc2Oc2ccc(C(F)(F)F)cc2[N+](=O)[O-])C1=O. The number of hydrogen-bond donors (Lipinski definition) is 0. The van der Waals surface area contributed by atoms with Crippen LogP contribution in [0.3, 0.4) is 0 Å². The van der Waals surface area contributed by atoms with Crippen LogP contribution in [0.25, 0.3) is 6.08 Å². The number of para-hydroxylation sites is 1. The Balaban J connectivity index is 1.96. The van der Waals surface area contributed by atoms with E-state index in [-0.39, 0.29) is 17.2 Å². The summed E-state index contributed by atoms with van der Waals surface area (Å²) in [5.74, 6) is -0.780. The summed E-state index contributed by atoms with van der Waals surface area (Å²) in [5.41, 5.74) is -1.70. The van der Waals surface area contributed by atoms with Crippen molar-refractivity contribution < 1.29 is 32.4 Å². The normalized spacial score (nSPS) is 15.6. The largest absolute Gasteiger partial charge is 0.449 e. The van der Waals surface area contributed by atoms with Crippen LogP contribution >= 0.6 is 11.8 Å². The number of benzene rings is 2. The van der Waals surface area contributed by atoms with E-state index in [1.807, 2.05) is 6.92 Å². The molecule has 0 N–H and O–H groups in total. The van der Waals surface area contributed by atoms with Gasteiger partial charge in [0.15, 0.2) is 0 Å². The second-order valence-corrected chi connectivity index (χ2v) is 7.40. The van der Waals surface area contributed by atoms with E-state index in [0.717, 1.165) is 22.7 Å². The molecule has 0 spiro atoms. The number of thioether (sulfide) groups is 1. The Bertz CT molecular complexity index is 1080. The number of hydrogen-bond acceptors (Lipinski definition) is 6. The molecule has 2 aromatic carbocycles.